The molecule has 0 atom stereocenters. The molecule has 3 aromatic heterocycles. The Morgan fingerprint density at radius 3 is 1.46 bits per heavy atom. The van der Waals surface area contributed by atoms with Gasteiger partial charge in [-0.15, -0.1) is 34.0 Å². The monoisotopic (exact) mass is 422 g/mol. The first-order valence-electron chi connectivity index (χ1n) is 8.32. The molecule has 0 unspecified atom stereocenters. The number of hydrogen-bond acceptors (Lipinski definition) is 6. The Kier molecular flexibility index (Phi) is 3.22. The third kappa shape index (κ3) is 1.88. The summed E-state index contributed by atoms with van der Waals surface area (Å²) in [5.41, 5.74) is 2.31. The summed E-state index contributed by atoms with van der Waals surface area (Å²) < 4.78 is 30.8. The minimum absolute atomic E-state index is 0.247. The van der Waals surface area contributed by atoms with Crippen LogP contribution in [-0.2, 0) is 25.3 Å². The molecule has 0 radical (unpaired) electrons. The third-order valence-electron chi connectivity index (χ3n) is 5.42. The Bertz CT molecular complexity index is 1070. The summed E-state index contributed by atoms with van der Waals surface area (Å²) in [4.78, 5) is 6.65. The highest BCUT2D eigenvalue weighted by Gasteiger charge is 2.62. The second-order valence-corrected chi connectivity index (χ2v) is 12.7. The zero-order valence-electron chi connectivity index (χ0n) is 15.1. The van der Waals surface area contributed by atoms with Crippen molar-refractivity contribution < 1.29 is 12.6 Å². The van der Waals surface area contributed by atoms with E-state index in [1.807, 2.05) is 0 Å². The SMILES string of the molecule is Cc1cc2c(s1)C1(OS(C)(=O)=O)c3sc(C)cc3C2(C)c2cc(C)sc21. The van der Waals surface area contributed by atoms with E-state index >= 15 is 0 Å². The van der Waals surface area contributed by atoms with Crippen LogP contribution in [0.1, 0.15) is 52.9 Å². The fourth-order valence-electron chi connectivity index (χ4n) is 4.53. The van der Waals surface area contributed by atoms with Gasteiger partial charge in [0.05, 0.1) is 20.9 Å². The molecular formula is C19H18O3S4. The first kappa shape index (κ1) is 17.1. The fraction of sp³-hybridized carbons (Fsp3) is 0.368. The minimum Gasteiger partial charge on any atom is -0.246 e. The van der Waals surface area contributed by atoms with Crippen LogP contribution in [0.3, 0.4) is 0 Å². The number of hydrogen-bond donors (Lipinski definition) is 0. The number of aryl methyl sites for hydroxylation is 3. The van der Waals surface area contributed by atoms with Crippen molar-refractivity contribution >= 4 is 44.1 Å². The Balaban J connectivity index is 2.02. The lowest BCUT2D eigenvalue weighted by Crippen LogP contribution is -2.48. The zero-order valence-corrected chi connectivity index (χ0v) is 18.4. The molecule has 0 N–H and O–H groups in total. The van der Waals surface area contributed by atoms with E-state index in [0.29, 0.717) is 0 Å². The Labute approximate surface area is 165 Å². The van der Waals surface area contributed by atoms with Gasteiger partial charge in [-0.2, -0.15) is 8.42 Å². The zero-order chi connectivity index (χ0) is 18.6. The van der Waals surface area contributed by atoms with Crippen molar-refractivity contribution in [3.05, 3.63) is 64.2 Å². The Morgan fingerprint density at radius 1 is 0.808 bits per heavy atom. The van der Waals surface area contributed by atoms with Crippen molar-refractivity contribution in [2.45, 2.75) is 38.7 Å². The van der Waals surface area contributed by atoms with E-state index in [-0.39, 0.29) is 5.41 Å². The first-order chi connectivity index (χ1) is 12.1. The van der Waals surface area contributed by atoms with Crippen molar-refractivity contribution in [3.8, 4) is 0 Å². The molecule has 3 aliphatic rings. The predicted molar refractivity (Wildman–Crippen MR) is 109 cm³/mol. The summed E-state index contributed by atoms with van der Waals surface area (Å²) >= 11 is 4.98. The van der Waals surface area contributed by atoms with Crippen LogP contribution < -0.4 is 0 Å². The molecule has 3 aromatic rings. The maximum absolute atomic E-state index is 12.4. The van der Waals surface area contributed by atoms with Gasteiger partial charge in [-0.1, -0.05) is 0 Å². The minimum atomic E-state index is -3.67. The van der Waals surface area contributed by atoms with Crippen LogP contribution in [0.4, 0.5) is 0 Å². The number of rotatable bonds is 2. The molecule has 3 aliphatic carbocycles. The summed E-state index contributed by atoms with van der Waals surface area (Å²) in [5, 5.41) is 0. The summed E-state index contributed by atoms with van der Waals surface area (Å²) in [5.74, 6) is 0. The van der Waals surface area contributed by atoms with E-state index in [0.717, 1.165) is 20.9 Å². The molecule has 3 heterocycles. The Hall–Kier alpha value is -0.990. The standard InChI is InChI=1S/C19H18O3S4/c1-9-6-12-15(23-9)19(22-26(5,20)21)16-13(7-10(2)24-16)18(12,4)14-8-11(3)25-17(14)19/h6-8H,1-5H3. The van der Waals surface area contributed by atoms with Crippen LogP contribution in [0.25, 0.3) is 0 Å². The smallest absolute Gasteiger partial charge is 0.246 e. The molecule has 2 bridgehead atoms. The second-order valence-electron chi connectivity index (χ2n) is 7.39. The summed E-state index contributed by atoms with van der Waals surface area (Å²) in [6.45, 7) is 8.52. The van der Waals surface area contributed by atoms with Gasteiger partial charge in [0.1, 0.15) is 0 Å². The van der Waals surface area contributed by atoms with E-state index in [2.05, 4.69) is 45.9 Å². The van der Waals surface area contributed by atoms with Crippen LogP contribution in [0.15, 0.2) is 18.2 Å². The highest BCUT2D eigenvalue weighted by atomic mass is 32.2. The number of thiophene rings is 3. The molecule has 0 amide bonds. The Morgan fingerprint density at radius 2 is 1.15 bits per heavy atom. The van der Waals surface area contributed by atoms with Gasteiger partial charge in [0.2, 0.25) is 0 Å². The lowest BCUT2D eigenvalue weighted by atomic mass is 9.59. The molecule has 136 valence electrons. The highest BCUT2D eigenvalue weighted by Crippen LogP contribution is 2.67. The molecule has 0 saturated heterocycles. The average molecular weight is 423 g/mol. The van der Waals surface area contributed by atoms with Crippen molar-refractivity contribution in [1.29, 1.82) is 0 Å². The molecule has 6 rings (SSSR count). The van der Waals surface area contributed by atoms with Gasteiger partial charge in [-0.05, 0) is 62.6 Å². The van der Waals surface area contributed by atoms with Crippen LogP contribution >= 0.6 is 34.0 Å². The predicted octanol–water partition coefficient (Wildman–Crippen LogP) is 5.05. The van der Waals surface area contributed by atoms with E-state index in [9.17, 15) is 8.42 Å². The lowest BCUT2D eigenvalue weighted by molar-refractivity contribution is 0.160. The third-order valence-corrected chi connectivity index (χ3v) is 9.42. The van der Waals surface area contributed by atoms with Gasteiger partial charge in [0.15, 0.2) is 5.60 Å². The topological polar surface area (TPSA) is 43.4 Å². The summed E-state index contributed by atoms with van der Waals surface area (Å²) in [6, 6.07) is 6.64. The van der Waals surface area contributed by atoms with E-state index < -0.39 is 15.7 Å². The molecule has 26 heavy (non-hydrogen) atoms. The molecule has 3 nitrogen and oxygen atoms in total. The molecular weight excluding hydrogens is 404 g/mol. The molecule has 0 aromatic carbocycles. The van der Waals surface area contributed by atoms with E-state index in [1.165, 1.54) is 31.3 Å². The maximum Gasteiger partial charge on any atom is 0.265 e. The molecule has 0 saturated carbocycles. The lowest BCUT2D eigenvalue weighted by Gasteiger charge is -2.49. The van der Waals surface area contributed by atoms with Crippen LogP contribution in [0.2, 0.25) is 0 Å². The van der Waals surface area contributed by atoms with Crippen molar-refractivity contribution in [2.75, 3.05) is 6.26 Å². The van der Waals surface area contributed by atoms with Crippen LogP contribution in [0, 0.1) is 20.8 Å². The highest BCUT2D eigenvalue weighted by molar-refractivity contribution is 7.86. The van der Waals surface area contributed by atoms with E-state index in [4.69, 9.17) is 4.18 Å². The van der Waals surface area contributed by atoms with Gasteiger partial charge in [-0.25, -0.2) is 4.18 Å². The molecule has 0 fully saturated rings. The maximum atomic E-state index is 12.4. The van der Waals surface area contributed by atoms with Crippen LogP contribution in [-0.4, -0.2) is 14.7 Å². The fourth-order valence-corrected chi connectivity index (χ4v) is 9.37. The van der Waals surface area contributed by atoms with Gasteiger partial charge in [0, 0.05) is 20.0 Å². The van der Waals surface area contributed by atoms with Gasteiger partial charge in [0.25, 0.3) is 10.1 Å². The average Bonchev–Trinajstić information content (AvgIpc) is 3.19. The van der Waals surface area contributed by atoms with Crippen LogP contribution in [0.5, 0.6) is 0 Å². The molecule has 0 aliphatic heterocycles. The summed E-state index contributed by atoms with van der Waals surface area (Å²) in [6.07, 6.45) is 1.16. The van der Waals surface area contributed by atoms with Crippen molar-refractivity contribution in [1.82, 2.24) is 0 Å². The molecule has 7 heteroatoms. The van der Waals surface area contributed by atoms with Crippen molar-refractivity contribution in [2.24, 2.45) is 0 Å². The normalized spacial score (nSPS) is 25.9. The first-order valence-corrected chi connectivity index (χ1v) is 12.6. The quantitative estimate of drug-likeness (QED) is 0.543. The summed E-state index contributed by atoms with van der Waals surface area (Å²) in [7, 11) is -3.67. The van der Waals surface area contributed by atoms with E-state index in [1.54, 1.807) is 34.0 Å². The van der Waals surface area contributed by atoms with Gasteiger partial charge in [-0.3, -0.25) is 0 Å². The largest absolute Gasteiger partial charge is 0.265 e. The van der Waals surface area contributed by atoms with Gasteiger partial charge >= 0.3 is 0 Å². The molecule has 0 spiro atoms. The second kappa shape index (κ2) is 4.89. The van der Waals surface area contributed by atoms with Gasteiger partial charge < -0.3 is 0 Å². The van der Waals surface area contributed by atoms with Crippen molar-refractivity contribution in [3.63, 3.8) is 0 Å².